The Hall–Kier alpha value is -2.80. The van der Waals surface area contributed by atoms with Crippen molar-refractivity contribution in [3.63, 3.8) is 0 Å². The Bertz CT molecular complexity index is 875. The third-order valence-corrected chi connectivity index (χ3v) is 4.82. The van der Waals surface area contributed by atoms with Gasteiger partial charge in [0.2, 0.25) is 0 Å². The van der Waals surface area contributed by atoms with Gasteiger partial charge in [-0.15, -0.1) is 0 Å². The maximum absolute atomic E-state index is 10.3. The molecule has 1 N–H and O–H groups in total. The molecule has 0 unspecified atom stereocenters. The highest BCUT2D eigenvalue weighted by atomic mass is 16.3. The normalized spacial score (nSPS) is 11.2. The number of phenolic OH excluding ortho intramolecular Hbond substituents is 1. The average molecular weight is 342 g/mol. The Morgan fingerprint density at radius 2 is 1.15 bits per heavy atom. The summed E-state index contributed by atoms with van der Waals surface area (Å²) < 4.78 is 0. The number of phenols is 1. The van der Waals surface area contributed by atoms with E-state index in [4.69, 9.17) is 0 Å². The van der Waals surface area contributed by atoms with E-state index in [-0.39, 0.29) is 0 Å². The van der Waals surface area contributed by atoms with Crippen LogP contribution in [0.15, 0.2) is 60.7 Å². The molecule has 3 aromatic rings. The molecule has 0 saturated heterocycles. The summed E-state index contributed by atoms with van der Waals surface area (Å²) >= 11 is 0. The van der Waals surface area contributed by atoms with Crippen LogP contribution in [0, 0.1) is 6.92 Å². The Kier molecular flexibility index (Phi) is 5.58. The summed E-state index contributed by atoms with van der Waals surface area (Å²) in [6.07, 6.45) is 5.95. The molecule has 0 aromatic heterocycles. The lowest BCUT2D eigenvalue weighted by Gasteiger charge is -2.11. The zero-order valence-corrected chi connectivity index (χ0v) is 15.8. The van der Waals surface area contributed by atoms with Gasteiger partial charge in [-0.05, 0) is 65.3 Å². The fourth-order valence-electron chi connectivity index (χ4n) is 3.12. The molecule has 0 bridgehead atoms. The maximum atomic E-state index is 10.3. The van der Waals surface area contributed by atoms with Crippen LogP contribution in [-0.4, -0.2) is 5.11 Å². The zero-order chi connectivity index (χ0) is 18.5. The number of aromatic hydroxyl groups is 1. The van der Waals surface area contributed by atoms with Crippen molar-refractivity contribution in [2.45, 2.75) is 33.6 Å². The minimum atomic E-state index is 0.455. The molecular weight excluding hydrogens is 316 g/mol. The van der Waals surface area contributed by atoms with Crippen LogP contribution in [0.1, 0.15) is 41.7 Å². The third-order valence-electron chi connectivity index (χ3n) is 4.82. The van der Waals surface area contributed by atoms with Crippen molar-refractivity contribution in [1.82, 2.24) is 0 Å². The summed E-state index contributed by atoms with van der Waals surface area (Å²) in [5.74, 6) is 0.455. The fraction of sp³-hybridized carbons (Fsp3) is 0.200. The molecule has 0 radical (unpaired) electrons. The van der Waals surface area contributed by atoms with Crippen molar-refractivity contribution >= 4 is 12.2 Å². The molecular formula is C25H26O. The Balaban J connectivity index is 1.84. The number of hydrogen-bond donors (Lipinski definition) is 1. The molecule has 0 spiro atoms. The van der Waals surface area contributed by atoms with Gasteiger partial charge in [0.1, 0.15) is 5.75 Å². The lowest BCUT2D eigenvalue weighted by atomic mass is 9.96. The highest BCUT2D eigenvalue weighted by Crippen LogP contribution is 2.31. The summed E-state index contributed by atoms with van der Waals surface area (Å²) in [6.45, 7) is 6.26. The van der Waals surface area contributed by atoms with Gasteiger partial charge in [0, 0.05) is 0 Å². The Morgan fingerprint density at radius 1 is 0.692 bits per heavy atom. The molecule has 0 amide bonds. The van der Waals surface area contributed by atoms with Gasteiger partial charge in [-0.25, -0.2) is 0 Å². The van der Waals surface area contributed by atoms with Gasteiger partial charge in [-0.2, -0.15) is 0 Å². The van der Waals surface area contributed by atoms with E-state index in [9.17, 15) is 5.11 Å². The van der Waals surface area contributed by atoms with E-state index in [0.717, 1.165) is 24.0 Å². The molecule has 3 rings (SSSR count). The van der Waals surface area contributed by atoms with Gasteiger partial charge >= 0.3 is 0 Å². The molecule has 0 aliphatic rings. The van der Waals surface area contributed by atoms with Crippen LogP contribution in [0.4, 0.5) is 0 Å². The number of rotatable bonds is 5. The highest BCUT2D eigenvalue weighted by molar-refractivity contribution is 5.73. The smallest absolute Gasteiger partial charge is 0.121 e. The standard InChI is InChI=1S/C25H26O/c1-4-21-16-24(17-22(5-2)25(21)26)23-14-12-20(13-15-23)11-10-19-8-6-18(3)7-9-19/h6-17,26H,4-5H2,1-3H3/b11-10+. The van der Waals surface area contributed by atoms with Gasteiger partial charge in [0.05, 0.1) is 0 Å². The second-order valence-electron chi connectivity index (χ2n) is 6.72. The second-order valence-corrected chi connectivity index (χ2v) is 6.72. The fourth-order valence-corrected chi connectivity index (χ4v) is 3.12. The van der Waals surface area contributed by atoms with E-state index in [1.807, 2.05) is 0 Å². The van der Waals surface area contributed by atoms with E-state index < -0.39 is 0 Å². The third kappa shape index (κ3) is 4.05. The van der Waals surface area contributed by atoms with Crippen LogP contribution in [0.25, 0.3) is 23.3 Å². The summed E-state index contributed by atoms with van der Waals surface area (Å²) in [4.78, 5) is 0. The minimum absolute atomic E-state index is 0.455. The van der Waals surface area contributed by atoms with Crippen molar-refractivity contribution in [3.8, 4) is 16.9 Å². The van der Waals surface area contributed by atoms with E-state index in [2.05, 4.69) is 93.6 Å². The van der Waals surface area contributed by atoms with Gasteiger partial charge in [0.25, 0.3) is 0 Å². The summed E-state index contributed by atoms with van der Waals surface area (Å²) in [5, 5.41) is 10.3. The number of aryl methyl sites for hydroxylation is 3. The quantitative estimate of drug-likeness (QED) is 0.514. The predicted octanol–water partition coefficient (Wildman–Crippen LogP) is 6.66. The summed E-state index contributed by atoms with van der Waals surface area (Å²) in [6, 6.07) is 21.3. The summed E-state index contributed by atoms with van der Waals surface area (Å²) in [5.41, 5.74) is 8.05. The molecule has 0 atom stereocenters. The van der Waals surface area contributed by atoms with E-state index >= 15 is 0 Å². The van der Waals surface area contributed by atoms with Crippen LogP contribution in [0.2, 0.25) is 0 Å². The van der Waals surface area contributed by atoms with Crippen LogP contribution in [0.5, 0.6) is 5.75 Å². The number of benzene rings is 3. The Morgan fingerprint density at radius 3 is 1.62 bits per heavy atom. The first kappa shape index (κ1) is 18.0. The van der Waals surface area contributed by atoms with E-state index in [1.54, 1.807) is 0 Å². The van der Waals surface area contributed by atoms with Crippen LogP contribution < -0.4 is 0 Å². The van der Waals surface area contributed by atoms with Crippen molar-refractivity contribution in [1.29, 1.82) is 0 Å². The first-order valence-corrected chi connectivity index (χ1v) is 9.30. The molecule has 1 nitrogen and oxygen atoms in total. The largest absolute Gasteiger partial charge is 0.507 e. The first-order chi connectivity index (χ1) is 12.6. The van der Waals surface area contributed by atoms with Crippen LogP contribution in [-0.2, 0) is 12.8 Å². The van der Waals surface area contributed by atoms with E-state index in [0.29, 0.717) is 5.75 Å². The van der Waals surface area contributed by atoms with Crippen molar-refractivity contribution in [3.05, 3.63) is 88.5 Å². The van der Waals surface area contributed by atoms with Crippen LogP contribution in [0.3, 0.4) is 0 Å². The minimum Gasteiger partial charge on any atom is -0.507 e. The molecule has 3 aromatic carbocycles. The maximum Gasteiger partial charge on any atom is 0.121 e. The SMILES string of the molecule is CCc1cc(-c2ccc(/C=C/c3ccc(C)cc3)cc2)cc(CC)c1O. The number of hydrogen-bond acceptors (Lipinski definition) is 1. The second kappa shape index (κ2) is 8.05. The zero-order valence-electron chi connectivity index (χ0n) is 15.8. The topological polar surface area (TPSA) is 20.2 Å². The molecule has 0 fully saturated rings. The lowest BCUT2D eigenvalue weighted by Crippen LogP contribution is -1.91. The summed E-state index contributed by atoms with van der Waals surface area (Å²) in [7, 11) is 0. The van der Waals surface area contributed by atoms with E-state index in [1.165, 1.54) is 27.8 Å². The molecule has 132 valence electrons. The molecule has 0 heterocycles. The molecule has 0 aliphatic carbocycles. The van der Waals surface area contributed by atoms with Gasteiger partial charge < -0.3 is 5.11 Å². The monoisotopic (exact) mass is 342 g/mol. The van der Waals surface area contributed by atoms with Gasteiger partial charge in [-0.3, -0.25) is 0 Å². The molecule has 26 heavy (non-hydrogen) atoms. The van der Waals surface area contributed by atoms with Crippen molar-refractivity contribution < 1.29 is 5.11 Å². The van der Waals surface area contributed by atoms with Gasteiger partial charge in [-0.1, -0.05) is 80.1 Å². The molecule has 0 saturated carbocycles. The van der Waals surface area contributed by atoms with Gasteiger partial charge in [0.15, 0.2) is 0 Å². The van der Waals surface area contributed by atoms with Crippen molar-refractivity contribution in [2.75, 3.05) is 0 Å². The lowest BCUT2D eigenvalue weighted by molar-refractivity contribution is 0.462. The highest BCUT2D eigenvalue weighted by Gasteiger charge is 2.08. The van der Waals surface area contributed by atoms with Crippen LogP contribution >= 0.6 is 0 Å². The predicted molar refractivity (Wildman–Crippen MR) is 112 cm³/mol. The average Bonchev–Trinajstić information content (AvgIpc) is 2.68. The molecule has 1 heteroatoms. The van der Waals surface area contributed by atoms with Crippen molar-refractivity contribution in [2.24, 2.45) is 0 Å². The first-order valence-electron chi connectivity index (χ1n) is 9.30. The molecule has 0 aliphatic heterocycles. The Labute approximate surface area is 156 Å².